The van der Waals surface area contributed by atoms with Gasteiger partial charge in [-0.3, -0.25) is 19.4 Å². The molecule has 2 fully saturated rings. The molecule has 0 N–H and O–H groups in total. The first-order valence-corrected chi connectivity index (χ1v) is 8.76. The maximum Gasteiger partial charge on any atom is 0.272 e. The van der Waals surface area contributed by atoms with Crippen LogP contribution in [-0.4, -0.2) is 76.2 Å². The number of carbonyl (C=O) groups is 3. The van der Waals surface area contributed by atoms with Gasteiger partial charge in [-0.15, -0.1) is 0 Å². The summed E-state index contributed by atoms with van der Waals surface area (Å²) < 4.78 is 0. The van der Waals surface area contributed by atoms with Crippen molar-refractivity contribution in [2.75, 3.05) is 32.7 Å². The van der Waals surface area contributed by atoms with Crippen molar-refractivity contribution in [2.24, 2.45) is 5.92 Å². The highest BCUT2D eigenvalue weighted by atomic mass is 16.2. The number of aromatic nitrogens is 1. The van der Waals surface area contributed by atoms with E-state index in [0.717, 1.165) is 0 Å². The van der Waals surface area contributed by atoms with Gasteiger partial charge >= 0.3 is 0 Å². The van der Waals surface area contributed by atoms with Crippen molar-refractivity contribution in [3.05, 3.63) is 30.1 Å². The monoisotopic (exact) mass is 344 g/mol. The lowest BCUT2D eigenvalue weighted by molar-refractivity contribution is -0.156. The first kappa shape index (κ1) is 17.4. The summed E-state index contributed by atoms with van der Waals surface area (Å²) in [4.78, 5) is 46.9. The molecule has 3 rings (SSSR count). The topological polar surface area (TPSA) is 73.8 Å². The van der Waals surface area contributed by atoms with Gasteiger partial charge in [-0.05, 0) is 24.5 Å². The molecule has 0 aliphatic carbocycles. The third-order valence-corrected chi connectivity index (χ3v) is 4.66. The van der Waals surface area contributed by atoms with Crippen LogP contribution in [0.2, 0.25) is 0 Å². The highest BCUT2D eigenvalue weighted by molar-refractivity contribution is 5.95. The summed E-state index contributed by atoms with van der Waals surface area (Å²) in [6, 6.07) is 4.76. The van der Waals surface area contributed by atoms with Gasteiger partial charge in [-0.1, -0.05) is 19.9 Å². The van der Waals surface area contributed by atoms with Crippen molar-refractivity contribution < 1.29 is 14.4 Å². The average Bonchev–Trinajstić information content (AvgIpc) is 2.83. The van der Waals surface area contributed by atoms with Crippen molar-refractivity contribution in [1.82, 2.24) is 19.7 Å². The first-order chi connectivity index (χ1) is 12.0. The molecule has 0 spiro atoms. The van der Waals surface area contributed by atoms with E-state index in [1.165, 1.54) is 0 Å². The molecule has 7 heteroatoms. The second kappa shape index (κ2) is 7.21. The quantitative estimate of drug-likeness (QED) is 0.806. The van der Waals surface area contributed by atoms with E-state index in [2.05, 4.69) is 4.98 Å². The summed E-state index contributed by atoms with van der Waals surface area (Å²) in [6.07, 6.45) is 2.06. The second-order valence-electron chi connectivity index (χ2n) is 7.01. The maximum atomic E-state index is 12.8. The number of carbonyl (C=O) groups excluding carboxylic acids is 3. The minimum atomic E-state index is -0.457. The Bertz CT molecular complexity index is 662. The summed E-state index contributed by atoms with van der Waals surface area (Å²) in [7, 11) is 0. The van der Waals surface area contributed by atoms with Crippen molar-refractivity contribution in [2.45, 2.75) is 26.3 Å². The number of rotatable bonds is 3. The van der Waals surface area contributed by atoms with E-state index in [9.17, 15) is 14.4 Å². The van der Waals surface area contributed by atoms with Gasteiger partial charge in [-0.25, -0.2) is 0 Å². The molecule has 1 atom stereocenters. The van der Waals surface area contributed by atoms with E-state index in [1.807, 2.05) is 13.8 Å². The van der Waals surface area contributed by atoms with Crippen LogP contribution in [-0.2, 0) is 9.59 Å². The minimum absolute atomic E-state index is 0.000403. The predicted octanol–water partition coefficient (Wildman–Crippen LogP) is 0.623. The molecular weight excluding hydrogens is 320 g/mol. The van der Waals surface area contributed by atoms with Crippen LogP contribution in [0.15, 0.2) is 24.4 Å². The van der Waals surface area contributed by atoms with Crippen LogP contribution in [0.1, 0.15) is 30.8 Å². The molecule has 0 radical (unpaired) electrons. The highest BCUT2D eigenvalue weighted by Crippen LogP contribution is 2.20. The molecule has 3 amide bonds. The normalized spacial score (nSPS) is 21.4. The van der Waals surface area contributed by atoms with Gasteiger partial charge in [0, 0.05) is 32.4 Å². The molecule has 0 bridgehead atoms. The van der Waals surface area contributed by atoms with Crippen molar-refractivity contribution in [1.29, 1.82) is 0 Å². The lowest BCUT2D eigenvalue weighted by Gasteiger charge is -2.39. The SMILES string of the molecule is CC(C)CN1CC(=O)N2CCN(C(=O)c3ccccn3)CCC2C1=O. The molecule has 0 aromatic carbocycles. The summed E-state index contributed by atoms with van der Waals surface area (Å²) in [5.41, 5.74) is 0.390. The van der Waals surface area contributed by atoms with Gasteiger partial charge in [-0.2, -0.15) is 0 Å². The fraction of sp³-hybridized carbons (Fsp3) is 0.556. The third kappa shape index (κ3) is 3.65. The molecule has 134 valence electrons. The van der Waals surface area contributed by atoms with Crippen LogP contribution in [0.3, 0.4) is 0 Å². The van der Waals surface area contributed by atoms with Gasteiger partial charge in [0.15, 0.2) is 0 Å². The van der Waals surface area contributed by atoms with E-state index >= 15 is 0 Å². The molecule has 1 unspecified atom stereocenters. The zero-order valence-corrected chi connectivity index (χ0v) is 14.7. The van der Waals surface area contributed by atoms with Crippen LogP contribution in [0.5, 0.6) is 0 Å². The van der Waals surface area contributed by atoms with Crippen LogP contribution >= 0.6 is 0 Å². The summed E-state index contributed by atoms with van der Waals surface area (Å²) >= 11 is 0. The standard InChI is InChI=1S/C18H24N4O3/c1-13(2)11-21-12-16(23)22-10-9-20(8-6-15(22)18(21)25)17(24)14-5-3-4-7-19-14/h3-5,7,13,15H,6,8-12H2,1-2H3. The molecule has 3 heterocycles. The Morgan fingerprint density at radius 2 is 2.04 bits per heavy atom. The van der Waals surface area contributed by atoms with E-state index in [1.54, 1.807) is 39.1 Å². The zero-order valence-electron chi connectivity index (χ0n) is 14.7. The molecule has 1 aromatic heterocycles. The molecule has 2 aliphatic heterocycles. The molecule has 0 saturated carbocycles. The average molecular weight is 344 g/mol. The molecule has 1 aromatic rings. The Balaban J connectivity index is 1.73. The Kier molecular flexibility index (Phi) is 5.01. The molecular formula is C18H24N4O3. The Morgan fingerprint density at radius 3 is 2.72 bits per heavy atom. The number of pyridine rings is 1. The molecule has 2 saturated heterocycles. The summed E-state index contributed by atoms with van der Waals surface area (Å²) in [6.45, 7) is 6.06. The Morgan fingerprint density at radius 1 is 1.24 bits per heavy atom. The molecule has 2 aliphatic rings. The number of amides is 3. The number of piperazine rings is 1. The van der Waals surface area contributed by atoms with Gasteiger partial charge in [0.25, 0.3) is 5.91 Å². The zero-order chi connectivity index (χ0) is 18.0. The first-order valence-electron chi connectivity index (χ1n) is 8.76. The van der Waals surface area contributed by atoms with Gasteiger partial charge in [0.05, 0.1) is 6.54 Å². The number of nitrogens with zero attached hydrogens (tertiary/aromatic N) is 4. The minimum Gasteiger partial charge on any atom is -0.335 e. The third-order valence-electron chi connectivity index (χ3n) is 4.66. The van der Waals surface area contributed by atoms with E-state index in [0.29, 0.717) is 44.2 Å². The van der Waals surface area contributed by atoms with Crippen molar-refractivity contribution in [3.8, 4) is 0 Å². The largest absolute Gasteiger partial charge is 0.335 e. The van der Waals surface area contributed by atoms with E-state index in [4.69, 9.17) is 0 Å². The van der Waals surface area contributed by atoms with Crippen LogP contribution in [0.25, 0.3) is 0 Å². The maximum absolute atomic E-state index is 12.8. The number of hydrogen-bond donors (Lipinski definition) is 0. The number of hydrogen-bond acceptors (Lipinski definition) is 4. The van der Waals surface area contributed by atoms with Crippen molar-refractivity contribution in [3.63, 3.8) is 0 Å². The van der Waals surface area contributed by atoms with Gasteiger partial charge < -0.3 is 14.7 Å². The van der Waals surface area contributed by atoms with Crippen molar-refractivity contribution >= 4 is 17.7 Å². The predicted molar refractivity (Wildman–Crippen MR) is 91.7 cm³/mol. The highest BCUT2D eigenvalue weighted by Gasteiger charge is 2.41. The smallest absolute Gasteiger partial charge is 0.272 e. The summed E-state index contributed by atoms with van der Waals surface area (Å²) in [5, 5.41) is 0. The lowest BCUT2D eigenvalue weighted by Crippen LogP contribution is -2.60. The number of fused-ring (bicyclic) bond motifs is 1. The fourth-order valence-corrected chi connectivity index (χ4v) is 3.48. The fourth-order valence-electron chi connectivity index (χ4n) is 3.48. The van der Waals surface area contributed by atoms with Gasteiger partial charge in [0.2, 0.25) is 11.8 Å². The van der Waals surface area contributed by atoms with Crippen LogP contribution in [0.4, 0.5) is 0 Å². The Labute approximate surface area is 147 Å². The van der Waals surface area contributed by atoms with E-state index < -0.39 is 6.04 Å². The second-order valence-corrected chi connectivity index (χ2v) is 7.01. The van der Waals surface area contributed by atoms with Gasteiger partial charge in [0.1, 0.15) is 11.7 Å². The Hall–Kier alpha value is -2.44. The van der Waals surface area contributed by atoms with Crippen LogP contribution < -0.4 is 0 Å². The molecule has 25 heavy (non-hydrogen) atoms. The van der Waals surface area contributed by atoms with Crippen LogP contribution in [0, 0.1) is 5.92 Å². The molecule has 7 nitrogen and oxygen atoms in total. The van der Waals surface area contributed by atoms with E-state index in [-0.39, 0.29) is 24.3 Å². The summed E-state index contributed by atoms with van der Waals surface area (Å²) in [5.74, 6) is 0.133. The lowest BCUT2D eigenvalue weighted by atomic mass is 10.1.